The van der Waals surface area contributed by atoms with E-state index in [2.05, 4.69) is 73.7 Å². The zero-order valence-corrected chi connectivity index (χ0v) is 13.9. The fourth-order valence-electron chi connectivity index (χ4n) is 1.72. The van der Waals surface area contributed by atoms with Crippen molar-refractivity contribution in [3.05, 3.63) is 72.3 Å². The Morgan fingerprint density at radius 1 is 0.947 bits per heavy atom. The van der Waals surface area contributed by atoms with Crippen LogP contribution in [0.4, 0.5) is 0 Å². The summed E-state index contributed by atoms with van der Waals surface area (Å²) in [6.45, 7) is 2.16. The molecule has 0 aliphatic rings. The second-order valence-corrected chi connectivity index (χ2v) is 3.80. The van der Waals surface area contributed by atoms with E-state index in [1.54, 1.807) is 0 Å². The molecule has 0 saturated heterocycles. The number of hydrogen-bond acceptors (Lipinski definition) is 0. The Hall–Kier alpha value is -0.526. The van der Waals surface area contributed by atoms with Crippen LogP contribution in [0.5, 0.6) is 0 Å². The number of fused-ring (bicyclic) bond motifs is 1. The smallest absolute Gasteiger partial charge is 1.00 e. The molecule has 98 valence electrons. The van der Waals surface area contributed by atoms with Crippen molar-refractivity contribution in [1.29, 1.82) is 0 Å². The molecule has 0 aliphatic carbocycles. The molecule has 0 unspecified atom stereocenters. The molecule has 0 aromatic heterocycles. The summed E-state index contributed by atoms with van der Waals surface area (Å²) in [7, 11) is 0. The van der Waals surface area contributed by atoms with Crippen LogP contribution in [0.3, 0.4) is 0 Å². The van der Waals surface area contributed by atoms with E-state index in [0.717, 1.165) is 6.42 Å². The molecule has 3 heteroatoms. The predicted molar refractivity (Wildman–Crippen MR) is 71.0 cm³/mol. The number of halogens is 2. The molecule has 0 bridgehead atoms. The molecule has 3 aromatic carbocycles. The van der Waals surface area contributed by atoms with E-state index in [9.17, 15) is 0 Å². The summed E-state index contributed by atoms with van der Waals surface area (Å²) in [6.07, 6.45) is 1.16. The van der Waals surface area contributed by atoms with Crippen molar-refractivity contribution < 1.29 is 46.5 Å². The van der Waals surface area contributed by atoms with Gasteiger partial charge in [-0.2, -0.15) is 35.2 Å². The molecular weight excluding hydrogens is 311 g/mol. The molecule has 3 rings (SSSR count). The van der Waals surface area contributed by atoms with Gasteiger partial charge in [0, 0.05) is 0 Å². The summed E-state index contributed by atoms with van der Waals surface area (Å²) in [6, 6.07) is 23.1. The maximum absolute atomic E-state index is 2.16. The zero-order chi connectivity index (χ0) is 11.2. The predicted octanol–water partition coefficient (Wildman–Crippen LogP) is -1.47. The van der Waals surface area contributed by atoms with Crippen LogP contribution in [0.25, 0.3) is 10.8 Å². The first kappa shape index (κ1) is 20.8. The molecule has 0 radical (unpaired) electrons. The topological polar surface area (TPSA) is 0 Å². The number of rotatable bonds is 1. The molecule has 0 fully saturated rings. The molecule has 0 amide bonds. The van der Waals surface area contributed by atoms with Gasteiger partial charge in [0.15, 0.2) is 0 Å². The van der Waals surface area contributed by atoms with E-state index in [4.69, 9.17) is 0 Å². The Morgan fingerprint density at radius 2 is 1.58 bits per heavy atom. The molecule has 3 aromatic rings. The van der Waals surface area contributed by atoms with Gasteiger partial charge in [-0.15, -0.1) is 29.7 Å². The first-order valence-electron chi connectivity index (χ1n) is 5.71. The Labute approximate surface area is 142 Å². The fourth-order valence-corrected chi connectivity index (χ4v) is 1.72. The zero-order valence-electron chi connectivity index (χ0n) is 10.8. The van der Waals surface area contributed by atoms with Crippen molar-refractivity contribution in [2.24, 2.45) is 0 Å². The van der Waals surface area contributed by atoms with Crippen molar-refractivity contribution in [3.8, 4) is 0 Å². The van der Waals surface area contributed by atoms with Crippen molar-refractivity contribution in [2.75, 3.05) is 0 Å². The maximum Gasteiger partial charge on any atom is 4.00 e. The molecule has 0 spiro atoms. The van der Waals surface area contributed by atoms with Gasteiger partial charge in [-0.05, 0) is 0 Å². The first-order chi connectivity index (χ1) is 7.90. The van der Waals surface area contributed by atoms with Crippen LogP contribution in [0.15, 0.2) is 66.7 Å². The Bertz CT molecular complexity index is 496. The maximum atomic E-state index is 2.16. The summed E-state index contributed by atoms with van der Waals surface area (Å²) in [5.41, 5.74) is 1.43. The number of benzene rings is 1. The van der Waals surface area contributed by atoms with Gasteiger partial charge >= 0.3 is 21.7 Å². The average molecular weight is 327 g/mol. The minimum absolute atomic E-state index is 0. The van der Waals surface area contributed by atoms with Gasteiger partial charge in [-0.3, -0.25) is 0 Å². The van der Waals surface area contributed by atoms with Gasteiger partial charge in [0.05, 0.1) is 0 Å². The van der Waals surface area contributed by atoms with Crippen LogP contribution in [0.2, 0.25) is 0 Å². The van der Waals surface area contributed by atoms with Crippen LogP contribution in [0, 0.1) is 0 Å². The third-order valence-corrected chi connectivity index (χ3v) is 2.69. The molecular formula is C16H16Cl2Ti. The van der Waals surface area contributed by atoms with Crippen LogP contribution in [-0.2, 0) is 28.1 Å². The van der Waals surface area contributed by atoms with Crippen molar-refractivity contribution in [1.82, 2.24) is 0 Å². The van der Waals surface area contributed by atoms with Gasteiger partial charge in [-0.25, -0.2) is 12.1 Å². The van der Waals surface area contributed by atoms with Crippen molar-refractivity contribution in [3.63, 3.8) is 0 Å². The van der Waals surface area contributed by atoms with Crippen LogP contribution in [0.1, 0.15) is 12.5 Å². The minimum Gasteiger partial charge on any atom is -1.00 e. The molecule has 0 nitrogen and oxygen atoms in total. The normalized spacial score (nSPS) is 8.26. The van der Waals surface area contributed by atoms with Gasteiger partial charge in [0.25, 0.3) is 0 Å². The number of hydrogen-bond donors (Lipinski definition) is 0. The molecule has 0 heterocycles. The van der Waals surface area contributed by atoms with Crippen molar-refractivity contribution in [2.45, 2.75) is 13.3 Å². The van der Waals surface area contributed by atoms with E-state index < -0.39 is 0 Å². The molecule has 0 N–H and O–H groups in total. The van der Waals surface area contributed by atoms with E-state index >= 15 is 0 Å². The average Bonchev–Trinajstić information content (AvgIpc) is 3.01. The van der Waals surface area contributed by atoms with E-state index in [1.165, 1.54) is 16.3 Å². The second-order valence-electron chi connectivity index (χ2n) is 3.80. The first-order valence-corrected chi connectivity index (χ1v) is 5.71. The summed E-state index contributed by atoms with van der Waals surface area (Å²) < 4.78 is 0. The Balaban J connectivity index is 0. The second kappa shape index (κ2) is 11.3. The molecule has 0 aliphatic heterocycles. The largest absolute Gasteiger partial charge is 4.00 e. The van der Waals surface area contributed by atoms with E-state index in [-0.39, 0.29) is 46.5 Å². The van der Waals surface area contributed by atoms with Gasteiger partial charge in [-0.1, -0.05) is 19.4 Å². The Morgan fingerprint density at radius 3 is 2.11 bits per heavy atom. The third-order valence-electron chi connectivity index (χ3n) is 2.69. The van der Waals surface area contributed by atoms with Crippen LogP contribution in [-0.4, -0.2) is 0 Å². The molecule has 19 heavy (non-hydrogen) atoms. The summed E-state index contributed by atoms with van der Waals surface area (Å²) in [4.78, 5) is 0. The van der Waals surface area contributed by atoms with Gasteiger partial charge < -0.3 is 24.8 Å². The summed E-state index contributed by atoms with van der Waals surface area (Å²) in [5, 5.41) is 2.66. The van der Waals surface area contributed by atoms with E-state index in [1.807, 2.05) is 0 Å². The Kier molecular flexibility index (Phi) is 12.4. The summed E-state index contributed by atoms with van der Waals surface area (Å²) >= 11 is 0. The third kappa shape index (κ3) is 6.45. The van der Waals surface area contributed by atoms with Crippen LogP contribution >= 0.6 is 0 Å². The molecule has 0 saturated carbocycles. The monoisotopic (exact) mass is 326 g/mol. The standard InChI is InChI=1S/C9H7.C7H9.2ClH.Ti/c1-2-5-9-7-3-6-8(9)4-1;1-2-7-5-3-4-6-7;;;/h1-7H;3-6H,2H2,1H3;2*1H;/q2*-1;;;+4/p-2. The minimum atomic E-state index is 0. The van der Waals surface area contributed by atoms with Gasteiger partial charge in [0.1, 0.15) is 0 Å². The SMILES string of the molecule is CC[c-]1cccc1.[Cl-].[Cl-].[Ti+4].c1ccc2[cH-]ccc2c1. The molecule has 0 atom stereocenters. The number of aryl methyl sites for hydroxylation is 1. The fraction of sp³-hybridized carbons (Fsp3) is 0.125. The van der Waals surface area contributed by atoms with E-state index in [0.29, 0.717) is 0 Å². The van der Waals surface area contributed by atoms with Gasteiger partial charge in [0.2, 0.25) is 0 Å². The van der Waals surface area contributed by atoms with Crippen molar-refractivity contribution >= 4 is 10.8 Å². The van der Waals surface area contributed by atoms with Crippen LogP contribution < -0.4 is 24.8 Å². The quantitative estimate of drug-likeness (QED) is 0.378. The summed E-state index contributed by atoms with van der Waals surface area (Å²) in [5.74, 6) is 0.